The van der Waals surface area contributed by atoms with Crippen LogP contribution in [0.3, 0.4) is 0 Å². The van der Waals surface area contributed by atoms with Crippen LogP contribution in [0.2, 0.25) is 0 Å². The van der Waals surface area contributed by atoms with E-state index in [2.05, 4.69) is 17.8 Å². The molecule has 0 saturated heterocycles. The van der Waals surface area contributed by atoms with Gasteiger partial charge in [-0.25, -0.2) is 4.79 Å². The number of fused-ring (bicyclic) bond motifs is 2. The molecule has 2 aromatic rings. The number of nitro groups is 1. The molecule has 5 rings (SSSR count). The highest BCUT2D eigenvalue weighted by molar-refractivity contribution is 6.18. The minimum Gasteiger partial charge on any atom is -0.459 e. The predicted octanol–water partition coefficient (Wildman–Crippen LogP) is 7.74. The summed E-state index contributed by atoms with van der Waals surface area (Å²) in [6.45, 7) is 6.58. The van der Waals surface area contributed by atoms with Crippen molar-refractivity contribution in [2.45, 2.75) is 76.0 Å². The van der Waals surface area contributed by atoms with Gasteiger partial charge in [0.2, 0.25) is 5.79 Å². The van der Waals surface area contributed by atoms with E-state index < -0.39 is 28.8 Å². The zero-order valence-corrected chi connectivity index (χ0v) is 31.8. The number of non-ortho nitro benzene ring substituents is 1. The number of halogens is 1. The maximum Gasteiger partial charge on any atom is 0.410 e. The van der Waals surface area contributed by atoms with Crippen molar-refractivity contribution in [3.8, 4) is 17.2 Å². The Bertz CT molecular complexity index is 1670. The van der Waals surface area contributed by atoms with Crippen molar-refractivity contribution < 1.29 is 43.7 Å². The molecular weight excluding hydrogens is 718 g/mol. The monoisotopic (exact) mass is 769 g/mol. The number of benzene rings is 2. The Balaban J connectivity index is 1.75. The lowest BCUT2D eigenvalue weighted by Crippen LogP contribution is -2.70. The van der Waals surface area contributed by atoms with E-state index in [1.54, 1.807) is 29.2 Å². The first-order chi connectivity index (χ1) is 26.3. The summed E-state index contributed by atoms with van der Waals surface area (Å²) in [6.07, 6.45) is 8.66. The first-order valence-electron chi connectivity index (χ1n) is 18.8. The van der Waals surface area contributed by atoms with E-state index in [1.807, 2.05) is 19.1 Å². The van der Waals surface area contributed by atoms with E-state index in [4.69, 9.17) is 35.4 Å². The Labute approximate surface area is 321 Å². The van der Waals surface area contributed by atoms with Gasteiger partial charge in [0, 0.05) is 43.7 Å². The Kier molecular flexibility index (Phi) is 14.8. The van der Waals surface area contributed by atoms with Crippen LogP contribution < -0.4 is 9.47 Å². The van der Waals surface area contributed by atoms with Crippen molar-refractivity contribution in [3.05, 3.63) is 82.4 Å². The van der Waals surface area contributed by atoms with Gasteiger partial charge in [-0.3, -0.25) is 15.0 Å². The Morgan fingerprint density at radius 2 is 1.91 bits per heavy atom. The number of alkyl halides is 1. The lowest BCUT2D eigenvalue weighted by Gasteiger charge is -2.59. The van der Waals surface area contributed by atoms with E-state index in [1.165, 1.54) is 19.2 Å². The van der Waals surface area contributed by atoms with Crippen LogP contribution in [0.5, 0.6) is 17.2 Å². The summed E-state index contributed by atoms with van der Waals surface area (Å²) in [6, 6.07) is 10.8. The number of oxime groups is 1. The van der Waals surface area contributed by atoms with Crippen molar-refractivity contribution >= 4 is 29.1 Å². The van der Waals surface area contributed by atoms with Crippen LogP contribution in [0.1, 0.15) is 69.8 Å². The van der Waals surface area contributed by atoms with Gasteiger partial charge >= 0.3 is 6.09 Å². The van der Waals surface area contributed by atoms with Gasteiger partial charge in [0.1, 0.15) is 37.0 Å². The number of ether oxygens (including phenoxy) is 4. The molecule has 2 N–H and O–H groups in total. The molecule has 3 aliphatic rings. The van der Waals surface area contributed by atoms with Crippen LogP contribution in [0, 0.1) is 27.9 Å². The van der Waals surface area contributed by atoms with Crippen molar-refractivity contribution in [2.24, 2.45) is 22.9 Å². The molecule has 1 amide bonds. The minimum atomic E-state index is -1.42. The van der Waals surface area contributed by atoms with Crippen molar-refractivity contribution in [1.82, 2.24) is 4.90 Å². The number of allylic oxidation sites excluding steroid dienone is 1. The first kappa shape index (κ1) is 41.0. The summed E-state index contributed by atoms with van der Waals surface area (Å²) in [5, 5.41) is 35.7. The average molecular weight is 770 g/mol. The summed E-state index contributed by atoms with van der Waals surface area (Å²) in [5.41, 5.74) is 2.33. The second-order valence-electron chi connectivity index (χ2n) is 13.8. The molecule has 0 radical (unpaired) electrons. The number of nitro benzene ring substituents is 1. The third-order valence-electron chi connectivity index (χ3n) is 10.5. The highest BCUT2D eigenvalue weighted by Crippen LogP contribution is 2.62. The Morgan fingerprint density at radius 3 is 2.59 bits per heavy atom. The van der Waals surface area contributed by atoms with Gasteiger partial charge in [-0.05, 0) is 73.8 Å². The molecular formula is C40H52ClN3O10. The van der Waals surface area contributed by atoms with E-state index in [0.29, 0.717) is 48.8 Å². The fourth-order valence-corrected chi connectivity index (χ4v) is 8.52. The molecule has 0 bridgehead atoms. The SMILES string of the molecule is C=CCOC12Oc3ccc(Oc4cccc([N+](=O)[O-])c4)cc3C3C(CCCCO)C(CCCCO)C=C(C(=NOC)CC1N(CCC)C(=O)OCCCl)C32. The molecule has 0 spiro atoms. The topological polar surface area (TPSA) is 162 Å². The van der Waals surface area contributed by atoms with Crippen LogP contribution in [-0.4, -0.2) is 89.6 Å². The molecule has 6 atom stereocenters. The summed E-state index contributed by atoms with van der Waals surface area (Å²) in [7, 11) is 1.50. The Morgan fingerprint density at radius 1 is 1.15 bits per heavy atom. The molecule has 6 unspecified atom stereocenters. The van der Waals surface area contributed by atoms with Gasteiger partial charge in [-0.1, -0.05) is 43.1 Å². The molecule has 13 nitrogen and oxygen atoms in total. The summed E-state index contributed by atoms with van der Waals surface area (Å²) < 4.78 is 25.9. The van der Waals surface area contributed by atoms with Gasteiger partial charge in [0.15, 0.2) is 0 Å². The minimum absolute atomic E-state index is 0.0109. The number of amides is 1. The standard InChI is InChI=1S/C40H52ClN3O10/c1-4-18-43(39(47)51-22-17-41)36-26-34(42-50-3)32-23-27(11-6-8-19-45)31(14-7-9-20-46)37-33-25-30(53-29-13-10-12-28(24-29)44(48)49)15-16-35(33)54-40(36,38(32)37)52-21-5-2/h5,10,12-13,15-16,23-25,27,31,36-38,45-46H,2,4,6-9,11,14,17-22,26H2,1,3H3. The summed E-state index contributed by atoms with van der Waals surface area (Å²) in [4.78, 5) is 32.1. The van der Waals surface area contributed by atoms with Crippen molar-refractivity contribution in [1.29, 1.82) is 0 Å². The maximum atomic E-state index is 13.9. The molecule has 14 heteroatoms. The van der Waals surface area contributed by atoms with E-state index in [-0.39, 0.29) is 62.2 Å². The molecule has 54 heavy (non-hydrogen) atoms. The van der Waals surface area contributed by atoms with Crippen molar-refractivity contribution in [3.63, 3.8) is 0 Å². The van der Waals surface area contributed by atoms with Crippen LogP contribution in [-0.2, 0) is 14.3 Å². The number of rotatable bonds is 20. The van der Waals surface area contributed by atoms with E-state index >= 15 is 0 Å². The molecule has 294 valence electrons. The number of hydrogen-bond donors (Lipinski definition) is 2. The van der Waals surface area contributed by atoms with Gasteiger partial charge in [-0.15, -0.1) is 18.2 Å². The third kappa shape index (κ3) is 8.86. The number of carbonyl (C=O) groups is 1. The number of aliphatic hydroxyl groups excluding tert-OH is 2. The normalized spacial score (nSPS) is 24.7. The maximum absolute atomic E-state index is 13.9. The predicted molar refractivity (Wildman–Crippen MR) is 204 cm³/mol. The molecule has 2 aliphatic carbocycles. The molecule has 0 aromatic heterocycles. The van der Waals surface area contributed by atoms with Crippen molar-refractivity contribution in [2.75, 3.05) is 46.0 Å². The Hall–Kier alpha value is -4.17. The first-order valence-corrected chi connectivity index (χ1v) is 19.3. The van der Waals surface area contributed by atoms with Gasteiger partial charge in [0.25, 0.3) is 5.69 Å². The number of unbranched alkanes of at least 4 members (excludes halogenated alkanes) is 2. The summed E-state index contributed by atoms with van der Waals surface area (Å²) >= 11 is 5.95. The van der Waals surface area contributed by atoms with Crippen LogP contribution in [0.25, 0.3) is 0 Å². The number of hydrogen-bond acceptors (Lipinski definition) is 11. The van der Waals surface area contributed by atoms with Gasteiger partial charge in [0.05, 0.1) is 35.1 Å². The third-order valence-corrected chi connectivity index (χ3v) is 10.6. The zero-order chi connectivity index (χ0) is 38.7. The molecule has 2 aromatic carbocycles. The van der Waals surface area contributed by atoms with Crippen LogP contribution in [0.4, 0.5) is 10.5 Å². The highest BCUT2D eigenvalue weighted by Gasteiger charge is 2.65. The van der Waals surface area contributed by atoms with Gasteiger partial charge < -0.3 is 34.0 Å². The summed E-state index contributed by atoms with van der Waals surface area (Å²) in [5.74, 6) is -0.657. The number of nitrogens with zero attached hydrogens (tertiary/aromatic N) is 3. The highest BCUT2D eigenvalue weighted by atomic mass is 35.5. The van der Waals surface area contributed by atoms with E-state index in [9.17, 15) is 25.1 Å². The molecule has 1 fully saturated rings. The fraction of sp³-hybridized carbons (Fsp3) is 0.550. The lowest BCUT2D eigenvalue weighted by atomic mass is 9.55. The second kappa shape index (κ2) is 19.4. The fourth-order valence-electron chi connectivity index (χ4n) is 8.44. The molecule has 1 saturated carbocycles. The van der Waals surface area contributed by atoms with E-state index in [0.717, 1.165) is 36.8 Å². The largest absolute Gasteiger partial charge is 0.459 e. The second-order valence-corrected chi connectivity index (χ2v) is 14.2. The quantitative estimate of drug-likeness (QED) is 0.0448. The van der Waals surface area contributed by atoms with Gasteiger partial charge in [-0.2, -0.15) is 0 Å². The van der Waals surface area contributed by atoms with Crippen LogP contribution in [0.15, 0.2) is 71.9 Å². The number of aliphatic hydroxyl groups is 2. The zero-order valence-electron chi connectivity index (χ0n) is 31.1. The smallest absolute Gasteiger partial charge is 0.410 e. The number of carbonyl (C=O) groups excluding carboxylic acids is 1. The molecule has 1 heterocycles. The lowest BCUT2D eigenvalue weighted by molar-refractivity contribution is -0.384. The average Bonchev–Trinajstić information content (AvgIpc) is 3.17. The van der Waals surface area contributed by atoms with Crippen LogP contribution >= 0.6 is 11.6 Å². The molecule has 1 aliphatic heterocycles.